The molecule has 0 spiro atoms. The fourth-order valence-electron chi connectivity index (χ4n) is 3.33. The minimum Gasteiger partial charge on any atom is -0.493 e. The lowest BCUT2D eigenvalue weighted by Crippen LogP contribution is -2.31. The molecular formula is C19H23NO3. The maximum atomic E-state index is 5.70. The molecule has 1 unspecified atom stereocenters. The molecule has 0 saturated heterocycles. The monoisotopic (exact) mass is 313 g/mol. The van der Waals surface area contributed by atoms with E-state index in [1.165, 1.54) is 16.7 Å². The molecule has 122 valence electrons. The van der Waals surface area contributed by atoms with Gasteiger partial charge in [-0.25, -0.2) is 0 Å². The molecule has 2 aromatic rings. The number of hydrogen-bond donors (Lipinski definition) is 1. The van der Waals surface area contributed by atoms with Gasteiger partial charge < -0.3 is 19.5 Å². The highest BCUT2D eigenvalue weighted by atomic mass is 16.5. The first-order valence-corrected chi connectivity index (χ1v) is 7.87. The number of methoxy groups -OCH3 is 3. The van der Waals surface area contributed by atoms with Gasteiger partial charge in [0.15, 0.2) is 11.5 Å². The van der Waals surface area contributed by atoms with Crippen LogP contribution in [-0.2, 0) is 12.8 Å². The van der Waals surface area contributed by atoms with Crippen LogP contribution in [0.2, 0.25) is 0 Å². The van der Waals surface area contributed by atoms with E-state index in [-0.39, 0.29) is 6.04 Å². The van der Waals surface area contributed by atoms with Gasteiger partial charge in [-0.15, -0.1) is 0 Å². The fourth-order valence-corrected chi connectivity index (χ4v) is 3.33. The summed E-state index contributed by atoms with van der Waals surface area (Å²) in [5.41, 5.74) is 3.74. The molecule has 1 N–H and O–H groups in total. The van der Waals surface area contributed by atoms with Gasteiger partial charge in [-0.2, -0.15) is 0 Å². The molecule has 0 fully saturated rings. The summed E-state index contributed by atoms with van der Waals surface area (Å²) in [4.78, 5) is 0. The number of fused-ring (bicyclic) bond motifs is 1. The summed E-state index contributed by atoms with van der Waals surface area (Å²) >= 11 is 0. The van der Waals surface area contributed by atoms with Crippen LogP contribution in [0.5, 0.6) is 17.2 Å². The first-order valence-electron chi connectivity index (χ1n) is 7.87. The molecule has 0 aliphatic carbocycles. The Morgan fingerprint density at radius 3 is 2.39 bits per heavy atom. The van der Waals surface area contributed by atoms with E-state index in [9.17, 15) is 0 Å². The van der Waals surface area contributed by atoms with Crippen molar-refractivity contribution >= 4 is 0 Å². The smallest absolute Gasteiger partial charge is 0.203 e. The third-order valence-electron chi connectivity index (χ3n) is 4.37. The number of nitrogens with one attached hydrogen (secondary N) is 1. The highest BCUT2D eigenvalue weighted by Gasteiger charge is 2.28. The van der Waals surface area contributed by atoms with Gasteiger partial charge in [0.2, 0.25) is 5.75 Å². The van der Waals surface area contributed by atoms with Crippen molar-refractivity contribution in [3.63, 3.8) is 0 Å². The maximum absolute atomic E-state index is 5.70. The largest absolute Gasteiger partial charge is 0.493 e. The Morgan fingerprint density at radius 1 is 1.00 bits per heavy atom. The third kappa shape index (κ3) is 2.99. The maximum Gasteiger partial charge on any atom is 0.203 e. The first-order chi connectivity index (χ1) is 11.3. The second kappa shape index (κ2) is 6.92. The Bertz CT molecular complexity index is 670. The predicted octanol–water partition coefficient (Wildman–Crippen LogP) is 3.14. The van der Waals surface area contributed by atoms with Crippen LogP contribution in [0.3, 0.4) is 0 Å². The number of hydrogen-bond acceptors (Lipinski definition) is 4. The Kier molecular flexibility index (Phi) is 4.72. The Balaban J connectivity index is 2.06. The van der Waals surface area contributed by atoms with Crippen LogP contribution >= 0.6 is 0 Å². The average molecular weight is 313 g/mol. The van der Waals surface area contributed by atoms with Gasteiger partial charge in [-0.3, -0.25) is 0 Å². The van der Waals surface area contributed by atoms with Gasteiger partial charge >= 0.3 is 0 Å². The molecule has 0 aromatic heterocycles. The summed E-state index contributed by atoms with van der Waals surface area (Å²) in [5, 5.41) is 3.61. The molecule has 23 heavy (non-hydrogen) atoms. The third-order valence-corrected chi connectivity index (χ3v) is 4.37. The molecule has 4 nitrogen and oxygen atoms in total. The molecule has 3 rings (SSSR count). The highest BCUT2D eigenvalue weighted by molar-refractivity contribution is 5.61. The minimum absolute atomic E-state index is 0.205. The number of ether oxygens (including phenoxy) is 3. The van der Waals surface area contributed by atoms with Crippen molar-refractivity contribution in [2.75, 3.05) is 27.9 Å². The van der Waals surface area contributed by atoms with Crippen molar-refractivity contribution in [1.29, 1.82) is 0 Å². The van der Waals surface area contributed by atoms with Crippen LogP contribution < -0.4 is 19.5 Å². The molecule has 0 bridgehead atoms. The quantitative estimate of drug-likeness (QED) is 0.920. The molecule has 0 saturated carbocycles. The van der Waals surface area contributed by atoms with Crippen molar-refractivity contribution in [1.82, 2.24) is 5.32 Å². The molecule has 4 heteroatoms. The van der Waals surface area contributed by atoms with E-state index in [4.69, 9.17) is 14.2 Å². The SMILES string of the molecule is COc1cc2c(c(OC)c1OC)C(Cc1ccccc1)NCC2. The minimum atomic E-state index is 0.205. The van der Waals surface area contributed by atoms with E-state index in [2.05, 4.69) is 35.6 Å². The van der Waals surface area contributed by atoms with E-state index in [1.54, 1.807) is 21.3 Å². The summed E-state index contributed by atoms with van der Waals surface area (Å²) < 4.78 is 16.7. The van der Waals surface area contributed by atoms with E-state index in [0.717, 1.165) is 30.9 Å². The zero-order chi connectivity index (χ0) is 16.2. The van der Waals surface area contributed by atoms with Crippen LogP contribution in [0.15, 0.2) is 36.4 Å². The first kappa shape index (κ1) is 15.7. The van der Waals surface area contributed by atoms with Crippen molar-refractivity contribution in [2.24, 2.45) is 0 Å². The molecule has 1 aliphatic heterocycles. The molecular weight excluding hydrogens is 290 g/mol. The second-order valence-electron chi connectivity index (χ2n) is 5.66. The van der Waals surface area contributed by atoms with Crippen LogP contribution in [0.25, 0.3) is 0 Å². The molecule has 0 amide bonds. The van der Waals surface area contributed by atoms with Crippen LogP contribution in [0.4, 0.5) is 0 Å². The summed E-state index contributed by atoms with van der Waals surface area (Å²) in [6, 6.07) is 12.8. The van der Waals surface area contributed by atoms with Crippen molar-refractivity contribution in [3.05, 3.63) is 53.1 Å². The van der Waals surface area contributed by atoms with E-state index in [1.807, 2.05) is 6.07 Å². The molecule has 1 aliphatic rings. The number of rotatable bonds is 5. The van der Waals surface area contributed by atoms with Gasteiger partial charge in [0.25, 0.3) is 0 Å². The summed E-state index contributed by atoms with van der Waals surface area (Å²) in [6.07, 6.45) is 1.87. The van der Waals surface area contributed by atoms with Gasteiger partial charge in [0.05, 0.1) is 21.3 Å². The van der Waals surface area contributed by atoms with Crippen LogP contribution in [0, 0.1) is 0 Å². The fraction of sp³-hybridized carbons (Fsp3) is 0.368. The second-order valence-corrected chi connectivity index (χ2v) is 5.66. The van der Waals surface area contributed by atoms with Gasteiger partial charge in [-0.1, -0.05) is 30.3 Å². The van der Waals surface area contributed by atoms with E-state index < -0.39 is 0 Å². The average Bonchev–Trinajstić information content (AvgIpc) is 2.61. The summed E-state index contributed by atoms with van der Waals surface area (Å²) in [6.45, 7) is 0.948. The number of benzene rings is 2. The van der Waals surface area contributed by atoms with E-state index >= 15 is 0 Å². The van der Waals surface area contributed by atoms with Gasteiger partial charge in [0, 0.05) is 11.6 Å². The predicted molar refractivity (Wildman–Crippen MR) is 90.7 cm³/mol. The van der Waals surface area contributed by atoms with E-state index in [0.29, 0.717) is 5.75 Å². The molecule has 1 heterocycles. The molecule has 1 atom stereocenters. The molecule has 2 aromatic carbocycles. The van der Waals surface area contributed by atoms with Gasteiger partial charge in [0.1, 0.15) is 0 Å². The van der Waals surface area contributed by atoms with Gasteiger partial charge in [-0.05, 0) is 36.6 Å². The van der Waals surface area contributed by atoms with Crippen LogP contribution in [0.1, 0.15) is 22.7 Å². The Morgan fingerprint density at radius 2 is 1.74 bits per heavy atom. The lowest BCUT2D eigenvalue weighted by Gasteiger charge is -2.30. The zero-order valence-electron chi connectivity index (χ0n) is 13.9. The lowest BCUT2D eigenvalue weighted by molar-refractivity contribution is 0.316. The topological polar surface area (TPSA) is 39.7 Å². The Labute approximate surface area is 137 Å². The van der Waals surface area contributed by atoms with Crippen molar-refractivity contribution in [3.8, 4) is 17.2 Å². The Hall–Kier alpha value is -2.20. The summed E-state index contributed by atoms with van der Waals surface area (Å²) in [7, 11) is 4.99. The van der Waals surface area contributed by atoms with Crippen molar-refractivity contribution < 1.29 is 14.2 Å². The summed E-state index contributed by atoms with van der Waals surface area (Å²) in [5.74, 6) is 2.16. The lowest BCUT2D eigenvalue weighted by atomic mass is 9.89. The normalized spacial score (nSPS) is 16.6. The standard InChI is InChI=1S/C19H23NO3/c1-21-16-12-14-9-10-20-15(11-13-7-5-4-6-8-13)17(14)19(23-3)18(16)22-2/h4-8,12,15,20H,9-11H2,1-3H3. The zero-order valence-corrected chi connectivity index (χ0v) is 13.9. The molecule has 0 radical (unpaired) electrons. The van der Waals surface area contributed by atoms with Crippen molar-refractivity contribution in [2.45, 2.75) is 18.9 Å². The van der Waals surface area contributed by atoms with Crippen LogP contribution in [-0.4, -0.2) is 27.9 Å². The highest BCUT2D eigenvalue weighted by Crippen LogP contribution is 2.46.